The lowest BCUT2D eigenvalue weighted by Crippen LogP contribution is -2.67. The van der Waals surface area contributed by atoms with Crippen molar-refractivity contribution in [2.45, 2.75) is 31.5 Å². The number of methoxy groups -OCH3 is 1. The summed E-state index contributed by atoms with van der Waals surface area (Å²) in [5, 5.41) is 13.1. The largest absolute Gasteiger partial charge is 0.497 e. The fraction of sp³-hybridized carbons (Fsp3) is 0.303. The molecule has 4 heteroatoms. The Morgan fingerprint density at radius 3 is 2.70 bits per heavy atom. The monoisotopic (exact) mass is 491 g/mol. The Hall–Kier alpha value is -3.47. The number of fused-ring (bicyclic) bond motifs is 4. The topological polar surface area (TPSA) is 42.4 Å². The molecule has 1 N–H and O–H groups in total. The number of nitrogens with zero attached hydrogens (tertiary/aromatic N) is 2. The van der Waals surface area contributed by atoms with Crippen LogP contribution in [0.1, 0.15) is 30.1 Å². The molecule has 4 aromatic rings. The Labute approximate surface area is 219 Å². The second kappa shape index (κ2) is 9.77. The number of quaternary nitrogens is 1. The molecule has 4 heterocycles. The Morgan fingerprint density at radius 1 is 1.08 bits per heavy atom. The molecule has 0 aliphatic carbocycles. The van der Waals surface area contributed by atoms with E-state index in [1.807, 2.05) is 30.5 Å². The first-order valence-electron chi connectivity index (χ1n) is 13.3. The van der Waals surface area contributed by atoms with Gasteiger partial charge in [0, 0.05) is 42.0 Å². The van der Waals surface area contributed by atoms with Crippen molar-refractivity contribution >= 4 is 10.9 Å². The van der Waals surface area contributed by atoms with Crippen LogP contribution in [-0.4, -0.2) is 40.8 Å². The number of aromatic nitrogens is 1. The molecule has 3 fully saturated rings. The van der Waals surface area contributed by atoms with Crippen molar-refractivity contribution < 1.29 is 14.3 Å². The summed E-state index contributed by atoms with van der Waals surface area (Å²) in [7, 11) is 1.67. The molecular weight excluding hydrogens is 456 g/mol. The zero-order chi connectivity index (χ0) is 25.4. The van der Waals surface area contributed by atoms with Crippen molar-refractivity contribution in [2.24, 2.45) is 11.8 Å². The lowest BCUT2D eigenvalue weighted by Gasteiger charge is -2.58. The molecule has 4 nitrogen and oxygen atoms in total. The number of aliphatic hydroxyl groups is 1. The van der Waals surface area contributed by atoms with Crippen LogP contribution in [0.4, 0.5) is 0 Å². The first-order valence-corrected chi connectivity index (χ1v) is 13.3. The number of rotatable bonds is 7. The van der Waals surface area contributed by atoms with Gasteiger partial charge >= 0.3 is 0 Å². The van der Waals surface area contributed by atoms with Gasteiger partial charge < -0.3 is 14.3 Å². The average Bonchev–Trinajstić information content (AvgIpc) is 2.96. The van der Waals surface area contributed by atoms with E-state index in [4.69, 9.17) is 4.74 Å². The van der Waals surface area contributed by atoms with Crippen LogP contribution < -0.4 is 4.74 Å². The number of benzene rings is 3. The average molecular weight is 492 g/mol. The normalized spacial score (nSPS) is 25.6. The van der Waals surface area contributed by atoms with Gasteiger partial charge in [0.05, 0.1) is 25.7 Å². The molecule has 0 amide bonds. The molecule has 2 bridgehead atoms. The van der Waals surface area contributed by atoms with Gasteiger partial charge in [-0.1, -0.05) is 60.7 Å². The summed E-state index contributed by atoms with van der Waals surface area (Å²) in [6.45, 7) is 7.21. The first kappa shape index (κ1) is 23.9. The van der Waals surface area contributed by atoms with Crippen LogP contribution in [-0.2, 0) is 6.54 Å². The summed E-state index contributed by atoms with van der Waals surface area (Å²) < 4.78 is 6.31. The van der Waals surface area contributed by atoms with Gasteiger partial charge in [-0.3, -0.25) is 4.98 Å². The molecule has 5 atom stereocenters. The van der Waals surface area contributed by atoms with Gasteiger partial charge in [0.2, 0.25) is 0 Å². The van der Waals surface area contributed by atoms with Gasteiger partial charge in [-0.05, 0) is 40.8 Å². The Bertz CT molecular complexity index is 1420. The standard InChI is InChI=1S/C33H35N2O2/c1-3-23-21-35(22-26-11-7-8-12-28(26)24-9-5-4-6-10-24)18-16-25(23)19-32(35)33(36)30-15-17-34-31-20-27(37-2)13-14-29(30)31/h3-15,17,20,23,25,32-33,36H,1,16,18-19,21-22H2,2H3/q+1/t23?,25?,32-,33+,35?/m0/s1. The summed E-state index contributed by atoms with van der Waals surface area (Å²) in [6, 6.07) is 27.5. The SMILES string of the molecule is C=CC1C[N+]2(Cc3ccccc3-c3ccccc3)CCC1C[C@H]2[C@H](O)c1ccnc2cc(OC)ccc12. The highest BCUT2D eigenvalue weighted by molar-refractivity contribution is 5.83. The minimum Gasteiger partial charge on any atom is -0.497 e. The zero-order valence-corrected chi connectivity index (χ0v) is 21.5. The Morgan fingerprint density at radius 2 is 1.89 bits per heavy atom. The molecule has 0 radical (unpaired) electrons. The molecule has 3 unspecified atom stereocenters. The molecule has 3 saturated heterocycles. The highest BCUT2D eigenvalue weighted by Crippen LogP contribution is 2.48. The molecule has 37 heavy (non-hydrogen) atoms. The molecule has 3 aliphatic rings. The van der Waals surface area contributed by atoms with E-state index in [1.165, 1.54) is 23.1 Å². The summed E-state index contributed by atoms with van der Waals surface area (Å²) in [6.07, 6.45) is 5.60. The van der Waals surface area contributed by atoms with E-state index >= 15 is 0 Å². The lowest BCUT2D eigenvalue weighted by molar-refractivity contribution is -0.984. The van der Waals surface area contributed by atoms with Crippen molar-refractivity contribution in [2.75, 3.05) is 20.2 Å². The van der Waals surface area contributed by atoms with Crippen molar-refractivity contribution in [1.29, 1.82) is 0 Å². The number of pyridine rings is 1. The van der Waals surface area contributed by atoms with E-state index in [2.05, 4.69) is 72.2 Å². The number of piperidine rings is 3. The number of ether oxygens (including phenoxy) is 1. The Balaban J connectivity index is 1.42. The molecule has 7 rings (SSSR count). The maximum absolute atomic E-state index is 12.1. The van der Waals surface area contributed by atoms with Crippen LogP contribution in [0.5, 0.6) is 5.75 Å². The van der Waals surface area contributed by atoms with E-state index < -0.39 is 6.10 Å². The van der Waals surface area contributed by atoms with Crippen LogP contribution in [0, 0.1) is 11.8 Å². The third-order valence-corrected chi connectivity index (χ3v) is 8.93. The predicted octanol–water partition coefficient (Wildman–Crippen LogP) is 6.56. The summed E-state index contributed by atoms with van der Waals surface area (Å²) in [4.78, 5) is 4.57. The van der Waals surface area contributed by atoms with E-state index in [0.717, 1.165) is 52.8 Å². The van der Waals surface area contributed by atoms with Crippen LogP contribution in [0.15, 0.2) is 97.7 Å². The maximum atomic E-state index is 12.1. The van der Waals surface area contributed by atoms with E-state index in [9.17, 15) is 5.11 Å². The molecule has 188 valence electrons. The summed E-state index contributed by atoms with van der Waals surface area (Å²) >= 11 is 0. The number of hydrogen-bond acceptors (Lipinski definition) is 3. The third kappa shape index (κ3) is 4.24. The first-order chi connectivity index (χ1) is 18.1. The van der Waals surface area contributed by atoms with Gasteiger partial charge in [0.1, 0.15) is 24.4 Å². The quantitative estimate of drug-likeness (QED) is 0.235. The molecule has 0 spiro atoms. The minimum atomic E-state index is -0.573. The van der Waals surface area contributed by atoms with Crippen molar-refractivity contribution in [1.82, 2.24) is 4.98 Å². The molecule has 1 aromatic heterocycles. The summed E-state index contributed by atoms with van der Waals surface area (Å²) in [5.74, 6) is 1.84. The van der Waals surface area contributed by atoms with Crippen molar-refractivity contribution in [3.8, 4) is 16.9 Å². The van der Waals surface area contributed by atoms with Crippen LogP contribution >= 0.6 is 0 Å². The van der Waals surface area contributed by atoms with Crippen LogP contribution in [0.2, 0.25) is 0 Å². The van der Waals surface area contributed by atoms with Crippen LogP contribution in [0.3, 0.4) is 0 Å². The zero-order valence-electron chi connectivity index (χ0n) is 21.5. The number of hydrogen-bond donors (Lipinski definition) is 1. The fourth-order valence-corrected chi connectivity index (χ4v) is 7.02. The van der Waals surface area contributed by atoms with Gasteiger partial charge in [0.15, 0.2) is 0 Å². The van der Waals surface area contributed by atoms with Crippen molar-refractivity contribution in [3.63, 3.8) is 0 Å². The lowest BCUT2D eigenvalue weighted by atomic mass is 9.71. The Kier molecular flexibility index (Phi) is 6.31. The molecule has 0 saturated carbocycles. The van der Waals surface area contributed by atoms with Gasteiger partial charge in [0.25, 0.3) is 0 Å². The molecule has 3 aliphatic heterocycles. The molecule has 3 aromatic carbocycles. The minimum absolute atomic E-state index is 0.117. The van der Waals surface area contributed by atoms with Gasteiger partial charge in [-0.25, -0.2) is 0 Å². The van der Waals surface area contributed by atoms with Gasteiger partial charge in [-0.2, -0.15) is 0 Å². The number of aliphatic hydroxyl groups excluding tert-OH is 1. The van der Waals surface area contributed by atoms with E-state index in [1.54, 1.807) is 7.11 Å². The van der Waals surface area contributed by atoms with Crippen LogP contribution in [0.25, 0.3) is 22.0 Å². The maximum Gasteiger partial charge on any atom is 0.131 e. The fourth-order valence-electron chi connectivity index (χ4n) is 7.02. The van der Waals surface area contributed by atoms with Crippen molar-refractivity contribution in [3.05, 3.63) is 109 Å². The third-order valence-electron chi connectivity index (χ3n) is 8.93. The van der Waals surface area contributed by atoms with Gasteiger partial charge in [-0.15, -0.1) is 6.58 Å². The highest BCUT2D eigenvalue weighted by atomic mass is 16.5. The second-order valence-corrected chi connectivity index (χ2v) is 10.8. The molecular formula is C33H35N2O2+. The predicted molar refractivity (Wildman–Crippen MR) is 149 cm³/mol. The second-order valence-electron chi connectivity index (χ2n) is 10.8. The van der Waals surface area contributed by atoms with E-state index in [0.29, 0.717) is 11.8 Å². The highest BCUT2D eigenvalue weighted by Gasteiger charge is 2.54. The smallest absolute Gasteiger partial charge is 0.131 e. The van der Waals surface area contributed by atoms with E-state index in [-0.39, 0.29) is 6.04 Å². The summed E-state index contributed by atoms with van der Waals surface area (Å²) in [5.41, 5.74) is 5.70.